The molecular weight excluding hydrogens is 218 g/mol. The average Bonchev–Trinajstić information content (AvgIpc) is 2.29. The second kappa shape index (κ2) is 2.59. The molecule has 2 aromatic rings. The van der Waals surface area contributed by atoms with Crippen LogP contribution in [-0.2, 0) is 0 Å². The van der Waals surface area contributed by atoms with E-state index in [9.17, 15) is 0 Å². The second-order valence-electron chi connectivity index (χ2n) is 2.80. The standard InChI is InChI=1S/C9H8BrNO/c1-5-3-7(10)4-8-9(5)11-6(2)12-8/h3-4H,1-2H3. The molecule has 2 nitrogen and oxygen atoms in total. The van der Waals surface area contributed by atoms with Crippen LogP contribution in [0.5, 0.6) is 0 Å². The van der Waals surface area contributed by atoms with Crippen molar-refractivity contribution in [2.24, 2.45) is 0 Å². The first kappa shape index (κ1) is 7.80. The zero-order valence-corrected chi connectivity index (χ0v) is 8.47. The summed E-state index contributed by atoms with van der Waals surface area (Å²) in [6, 6.07) is 3.96. The monoisotopic (exact) mass is 225 g/mol. The van der Waals surface area contributed by atoms with Crippen molar-refractivity contribution in [1.82, 2.24) is 4.98 Å². The molecule has 3 heteroatoms. The van der Waals surface area contributed by atoms with Crippen LogP contribution in [-0.4, -0.2) is 4.98 Å². The molecule has 1 aromatic carbocycles. The van der Waals surface area contributed by atoms with Gasteiger partial charge in [-0.05, 0) is 24.6 Å². The van der Waals surface area contributed by atoms with Crippen molar-refractivity contribution in [2.75, 3.05) is 0 Å². The van der Waals surface area contributed by atoms with Crippen molar-refractivity contribution in [3.8, 4) is 0 Å². The third kappa shape index (κ3) is 1.14. The summed E-state index contributed by atoms with van der Waals surface area (Å²) >= 11 is 3.40. The van der Waals surface area contributed by atoms with Crippen LogP contribution in [0, 0.1) is 13.8 Å². The van der Waals surface area contributed by atoms with Gasteiger partial charge < -0.3 is 4.42 Å². The number of rotatable bonds is 0. The molecule has 0 aliphatic rings. The average molecular weight is 226 g/mol. The topological polar surface area (TPSA) is 26.0 Å². The highest BCUT2D eigenvalue weighted by Gasteiger charge is 2.05. The predicted molar refractivity (Wildman–Crippen MR) is 51.2 cm³/mol. The van der Waals surface area contributed by atoms with Crippen LogP contribution in [0.2, 0.25) is 0 Å². The Morgan fingerprint density at radius 3 is 2.83 bits per heavy atom. The Kier molecular flexibility index (Phi) is 1.68. The Morgan fingerprint density at radius 2 is 2.08 bits per heavy atom. The zero-order chi connectivity index (χ0) is 8.72. The molecule has 0 radical (unpaired) electrons. The second-order valence-corrected chi connectivity index (χ2v) is 3.72. The SMILES string of the molecule is Cc1nc2c(C)cc(Br)cc2o1. The van der Waals surface area contributed by atoms with Crippen LogP contribution < -0.4 is 0 Å². The predicted octanol–water partition coefficient (Wildman–Crippen LogP) is 3.21. The van der Waals surface area contributed by atoms with E-state index in [0.29, 0.717) is 5.89 Å². The lowest BCUT2D eigenvalue weighted by Gasteiger charge is -1.93. The van der Waals surface area contributed by atoms with Crippen molar-refractivity contribution in [2.45, 2.75) is 13.8 Å². The lowest BCUT2D eigenvalue weighted by atomic mass is 10.2. The Bertz CT molecular complexity index is 433. The van der Waals surface area contributed by atoms with Crippen molar-refractivity contribution < 1.29 is 4.42 Å². The molecule has 0 saturated carbocycles. The highest BCUT2D eigenvalue weighted by Crippen LogP contribution is 2.23. The molecule has 62 valence electrons. The first-order chi connectivity index (χ1) is 5.66. The molecule has 0 amide bonds. The molecule has 12 heavy (non-hydrogen) atoms. The summed E-state index contributed by atoms with van der Waals surface area (Å²) < 4.78 is 6.42. The van der Waals surface area contributed by atoms with Crippen molar-refractivity contribution in [1.29, 1.82) is 0 Å². The van der Waals surface area contributed by atoms with E-state index >= 15 is 0 Å². The van der Waals surface area contributed by atoms with E-state index < -0.39 is 0 Å². The van der Waals surface area contributed by atoms with Gasteiger partial charge in [-0.1, -0.05) is 15.9 Å². The minimum absolute atomic E-state index is 0.714. The number of hydrogen-bond donors (Lipinski definition) is 0. The van der Waals surface area contributed by atoms with Crippen LogP contribution in [0.1, 0.15) is 11.5 Å². The molecule has 2 rings (SSSR count). The van der Waals surface area contributed by atoms with E-state index in [1.54, 1.807) is 0 Å². The Labute approximate surface area is 78.7 Å². The lowest BCUT2D eigenvalue weighted by Crippen LogP contribution is -1.76. The summed E-state index contributed by atoms with van der Waals surface area (Å²) in [5, 5.41) is 0. The van der Waals surface area contributed by atoms with E-state index in [0.717, 1.165) is 21.1 Å². The maximum absolute atomic E-state index is 5.39. The van der Waals surface area contributed by atoms with E-state index in [2.05, 4.69) is 20.9 Å². The van der Waals surface area contributed by atoms with Crippen LogP contribution in [0.15, 0.2) is 21.0 Å². The molecule has 0 aliphatic heterocycles. The minimum Gasteiger partial charge on any atom is -0.441 e. The molecular formula is C9H8BrNO. The van der Waals surface area contributed by atoms with E-state index in [4.69, 9.17) is 4.42 Å². The Morgan fingerprint density at radius 1 is 1.33 bits per heavy atom. The molecule has 0 spiro atoms. The molecule has 0 unspecified atom stereocenters. The summed E-state index contributed by atoms with van der Waals surface area (Å²) in [6.45, 7) is 3.88. The number of benzene rings is 1. The molecule has 0 saturated heterocycles. The molecule has 0 N–H and O–H groups in total. The van der Waals surface area contributed by atoms with Gasteiger partial charge in [-0.15, -0.1) is 0 Å². The highest BCUT2D eigenvalue weighted by atomic mass is 79.9. The third-order valence-corrected chi connectivity index (χ3v) is 2.22. The third-order valence-electron chi connectivity index (χ3n) is 1.76. The smallest absolute Gasteiger partial charge is 0.192 e. The van der Waals surface area contributed by atoms with Crippen molar-refractivity contribution in [3.63, 3.8) is 0 Å². The Hall–Kier alpha value is -0.830. The van der Waals surface area contributed by atoms with Crippen LogP contribution in [0.4, 0.5) is 0 Å². The number of nitrogens with zero attached hydrogens (tertiary/aromatic N) is 1. The van der Waals surface area contributed by atoms with Crippen LogP contribution >= 0.6 is 15.9 Å². The van der Waals surface area contributed by atoms with Gasteiger partial charge in [0.15, 0.2) is 11.5 Å². The number of fused-ring (bicyclic) bond motifs is 1. The molecule has 0 bridgehead atoms. The van der Waals surface area contributed by atoms with Gasteiger partial charge in [0.25, 0.3) is 0 Å². The zero-order valence-electron chi connectivity index (χ0n) is 6.89. The lowest BCUT2D eigenvalue weighted by molar-refractivity contribution is 0.561. The fourth-order valence-electron chi connectivity index (χ4n) is 1.27. The van der Waals surface area contributed by atoms with Gasteiger partial charge in [-0.25, -0.2) is 4.98 Å². The quantitative estimate of drug-likeness (QED) is 0.689. The van der Waals surface area contributed by atoms with Gasteiger partial charge in [0.1, 0.15) is 5.52 Å². The van der Waals surface area contributed by atoms with Gasteiger partial charge in [0.2, 0.25) is 0 Å². The summed E-state index contributed by atoms with van der Waals surface area (Å²) in [7, 11) is 0. The summed E-state index contributed by atoms with van der Waals surface area (Å²) in [5.74, 6) is 0.714. The molecule has 0 atom stereocenters. The molecule has 1 aromatic heterocycles. The van der Waals surface area contributed by atoms with Crippen molar-refractivity contribution in [3.05, 3.63) is 28.1 Å². The molecule has 0 aliphatic carbocycles. The van der Waals surface area contributed by atoms with Crippen LogP contribution in [0.3, 0.4) is 0 Å². The number of hydrogen-bond acceptors (Lipinski definition) is 2. The van der Waals surface area contributed by atoms with Gasteiger partial charge in [-0.3, -0.25) is 0 Å². The maximum Gasteiger partial charge on any atom is 0.192 e. The van der Waals surface area contributed by atoms with Gasteiger partial charge in [0.05, 0.1) is 0 Å². The van der Waals surface area contributed by atoms with E-state index in [1.807, 2.05) is 26.0 Å². The number of oxazole rings is 1. The molecule has 0 fully saturated rings. The van der Waals surface area contributed by atoms with Crippen LogP contribution in [0.25, 0.3) is 11.1 Å². The number of aromatic nitrogens is 1. The summed E-state index contributed by atoms with van der Waals surface area (Å²) in [5.41, 5.74) is 2.94. The summed E-state index contributed by atoms with van der Waals surface area (Å²) in [4.78, 5) is 4.27. The fourth-order valence-corrected chi connectivity index (χ4v) is 1.82. The van der Waals surface area contributed by atoms with Gasteiger partial charge in [0, 0.05) is 11.4 Å². The fraction of sp³-hybridized carbons (Fsp3) is 0.222. The van der Waals surface area contributed by atoms with E-state index in [-0.39, 0.29) is 0 Å². The van der Waals surface area contributed by atoms with Gasteiger partial charge >= 0.3 is 0 Å². The number of halogens is 1. The minimum atomic E-state index is 0.714. The van der Waals surface area contributed by atoms with E-state index in [1.165, 1.54) is 0 Å². The Balaban J connectivity index is 2.88. The number of aryl methyl sites for hydroxylation is 2. The normalized spacial score (nSPS) is 10.9. The highest BCUT2D eigenvalue weighted by molar-refractivity contribution is 9.10. The first-order valence-corrected chi connectivity index (χ1v) is 4.49. The summed E-state index contributed by atoms with van der Waals surface area (Å²) in [6.07, 6.45) is 0. The maximum atomic E-state index is 5.39. The molecule has 1 heterocycles. The van der Waals surface area contributed by atoms with Gasteiger partial charge in [-0.2, -0.15) is 0 Å². The van der Waals surface area contributed by atoms with Crippen molar-refractivity contribution >= 4 is 27.0 Å². The first-order valence-electron chi connectivity index (χ1n) is 3.70. The largest absolute Gasteiger partial charge is 0.441 e.